The zero-order chi connectivity index (χ0) is 27.5. The Morgan fingerprint density at radius 1 is 1.08 bits per heavy atom. The molecule has 2 aromatic rings. The number of nitrogens with one attached hydrogen (secondary N) is 1. The molecule has 0 fully saturated rings. The van der Waals surface area contributed by atoms with Crippen LogP contribution in [-0.4, -0.2) is 84.2 Å². The lowest BCUT2D eigenvalue weighted by atomic mass is 10.0. The summed E-state index contributed by atoms with van der Waals surface area (Å²) in [6.45, 7) is 3.90. The number of methoxy groups -OCH3 is 1. The summed E-state index contributed by atoms with van der Waals surface area (Å²) >= 11 is 6.07. The highest BCUT2D eigenvalue weighted by atomic mass is 35.5. The number of halogens is 1. The van der Waals surface area contributed by atoms with Gasteiger partial charge in [-0.25, -0.2) is 16.8 Å². The van der Waals surface area contributed by atoms with Gasteiger partial charge in [0.2, 0.25) is 10.0 Å². The van der Waals surface area contributed by atoms with Crippen molar-refractivity contribution in [2.75, 3.05) is 44.8 Å². The molecule has 0 bridgehead atoms. The Hall–Kier alpha value is -2.38. The van der Waals surface area contributed by atoms with Crippen LogP contribution >= 0.6 is 11.6 Å². The minimum Gasteiger partial charge on any atom is -0.491 e. The largest absolute Gasteiger partial charge is 0.491 e. The summed E-state index contributed by atoms with van der Waals surface area (Å²) in [7, 11) is -4.48. The van der Waals surface area contributed by atoms with Gasteiger partial charge in [0, 0.05) is 33.3 Å². The van der Waals surface area contributed by atoms with E-state index in [0.717, 1.165) is 6.26 Å². The van der Waals surface area contributed by atoms with Gasteiger partial charge in [0.25, 0.3) is 15.9 Å². The number of anilines is 1. The van der Waals surface area contributed by atoms with Crippen molar-refractivity contribution in [1.29, 1.82) is 0 Å². The molecule has 204 valence electrons. The summed E-state index contributed by atoms with van der Waals surface area (Å²) in [6, 6.07) is 9.77. The molecule has 3 atom stereocenters. The molecule has 1 aliphatic heterocycles. The van der Waals surface area contributed by atoms with Crippen LogP contribution < -0.4 is 9.46 Å². The van der Waals surface area contributed by atoms with E-state index < -0.39 is 32.2 Å². The van der Waals surface area contributed by atoms with Crippen LogP contribution in [0.4, 0.5) is 5.69 Å². The lowest BCUT2D eigenvalue weighted by Gasteiger charge is -2.34. The first-order valence-electron chi connectivity index (χ1n) is 11.5. The van der Waals surface area contributed by atoms with Crippen LogP contribution in [0, 0.1) is 5.92 Å². The van der Waals surface area contributed by atoms with Crippen LogP contribution in [0.5, 0.6) is 5.75 Å². The van der Waals surface area contributed by atoms with Crippen molar-refractivity contribution in [2.24, 2.45) is 5.92 Å². The third kappa shape index (κ3) is 6.94. The number of hydrogen-bond donors (Lipinski definition) is 1. The molecular weight excluding hydrogens is 542 g/mol. The van der Waals surface area contributed by atoms with Crippen molar-refractivity contribution in [3.63, 3.8) is 0 Å². The Balaban J connectivity index is 2.02. The SMILES string of the molecule is CO[C@@H]1CN(C)C(=O)c2ccc(NS(=O)(=O)c3ccccc3Cl)cc2OC[C@@H](C)N(S(C)(=O)=O)C[C@H]1C. The maximum atomic E-state index is 13.3. The first-order valence-corrected chi connectivity index (χ1v) is 15.2. The molecule has 1 heterocycles. The number of carbonyl (C=O) groups excluding carboxylic acids is 1. The van der Waals surface area contributed by atoms with Crippen LogP contribution in [0.1, 0.15) is 24.2 Å². The van der Waals surface area contributed by atoms with Gasteiger partial charge in [-0.05, 0) is 37.1 Å². The molecular formula is C24H32ClN3O7S2. The highest BCUT2D eigenvalue weighted by Gasteiger charge is 2.32. The van der Waals surface area contributed by atoms with E-state index in [1.54, 1.807) is 26.1 Å². The number of benzene rings is 2. The summed E-state index contributed by atoms with van der Waals surface area (Å²) in [5.74, 6) is -0.449. The second kappa shape index (κ2) is 11.6. The van der Waals surface area contributed by atoms with Crippen LogP contribution in [0.15, 0.2) is 47.4 Å². The molecule has 0 radical (unpaired) electrons. The highest BCUT2D eigenvalue weighted by molar-refractivity contribution is 7.92. The Morgan fingerprint density at radius 2 is 1.76 bits per heavy atom. The number of hydrogen-bond acceptors (Lipinski definition) is 7. The number of rotatable bonds is 5. The first-order chi connectivity index (χ1) is 17.2. The Kier molecular flexibility index (Phi) is 9.12. The van der Waals surface area contributed by atoms with Gasteiger partial charge in [0.05, 0.1) is 34.7 Å². The van der Waals surface area contributed by atoms with E-state index in [2.05, 4.69) is 4.72 Å². The van der Waals surface area contributed by atoms with Gasteiger partial charge in [-0.1, -0.05) is 30.7 Å². The topological polar surface area (TPSA) is 122 Å². The van der Waals surface area contributed by atoms with Crippen LogP contribution in [-0.2, 0) is 24.8 Å². The Morgan fingerprint density at radius 3 is 2.38 bits per heavy atom. The van der Waals surface area contributed by atoms with Gasteiger partial charge in [-0.2, -0.15) is 4.31 Å². The Labute approximate surface area is 223 Å². The van der Waals surface area contributed by atoms with Crippen molar-refractivity contribution < 1.29 is 31.1 Å². The number of ether oxygens (including phenoxy) is 2. The lowest BCUT2D eigenvalue weighted by molar-refractivity contribution is 0.0213. The maximum Gasteiger partial charge on any atom is 0.263 e. The number of likely N-dealkylation sites (N-methyl/N-ethyl adjacent to an activating group) is 1. The zero-order valence-electron chi connectivity index (χ0n) is 21.3. The second-order valence-corrected chi connectivity index (χ2v) is 13.2. The predicted molar refractivity (Wildman–Crippen MR) is 142 cm³/mol. The smallest absolute Gasteiger partial charge is 0.263 e. The minimum atomic E-state index is -4.03. The zero-order valence-corrected chi connectivity index (χ0v) is 23.7. The van der Waals surface area contributed by atoms with E-state index in [1.165, 1.54) is 46.6 Å². The van der Waals surface area contributed by atoms with Crippen LogP contribution in [0.2, 0.25) is 5.02 Å². The molecule has 13 heteroatoms. The standard InChI is InChI=1S/C24H32ClN3O7S2/c1-16-13-28(36(5,30)31)17(2)15-35-21-12-18(26-37(32,33)23-9-7-6-8-20(23)25)10-11-19(21)24(29)27(3)14-22(16)34-4/h6-12,16-17,22,26H,13-15H2,1-5H3/t16-,17-,22-/m1/s1. The summed E-state index contributed by atoms with van der Waals surface area (Å²) in [4.78, 5) is 14.7. The number of carbonyl (C=O) groups is 1. The van der Waals surface area contributed by atoms with Gasteiger partial charge in [-0.15, -0.1) is 0 Å². The van der Waals surface area contributed by atoms with E-state index >= 15 is 0 Å². The molecule has 1 aliphatic rings. The van der Waals surface area contributed by atoms with Gasteiger partial charge in [0.1, 0.15) is 17.3 Å². The molecule has 2 aromatic carbocycles. The molecule has 1 amide bonds. The van der Waals surface area contributed by atoms with Gasteiger partial charge >= 0.3 is 0 Å². The van der Waals surface area contributed by atoms with Crippen molar-refractivity contribution in [2.45, 2.75) is 30.9 Å². The average molecular weight is 574 g/mol. The number of nitrogens with zero attached hydrogens (tertiary/aromatic N) is 2. The monoisotopic (exact) mass is 573 g/mol. The summed E-state index contributed by atoms with van der Waals surface area (Å²) in [5, 5.41) is 0.0611. The summed E-state index contributed by atoms with van der Waals surface area (Å²) in [6.07, 6.45) is 0.714. The number of amides is 1. The minimum absolute atomic E-state index is 0.0611. The molecule has 37 heavy (non-hydrogen) atoms. The normalized spacial score (nSPS) is 22.4. The predicted octanol–water partition coefficient (Wildman–Crippen LogP) is 2.91. The number of fused-ring (bicyclic) bond motifs is 1. The third-order valence-corrected chi connectivity index (χ3v) is 9.44. The fourth-order valence-corrected chi connectivity index (χ4v) is 6.93. The molecule has 10 nitrogen and oxygen atoms in total. The van der Waals surface area contributed by atoms with E-state index in [9.17, 15) is 21.6 Å². The van der Waals surface area contributed by atoms with Crippen LogP contribution in [0.25, 0.3) is 0 Å². The quantitative estimate of drug-likeness (QED) is 0.583. The average Bonchev–Trinajstić information content (AvgIpc) is 2.82. The van der Waals surface area contributed by atoms with Crippen molar-refractivity contribution in [1.82, 2.24) is 9.21 Å². The molecule has 0 saturated heterocycles. The van der Waals surface area contributed by atoms with E-state index in [-0.39, 0.29) is 58.4 Å². The Bertz CT molecular complexity index is 1350. The van der Waals surface area contributed by atoms with Gasteiger partial charge < -0.3 is 14.4 Å². The fraction of sp³-hybridized carbons (Fsp3) is 0.458. The molecule has 0 saturated carbocycles. The van der Waals surface area contributed by atoms with E-state index in [1.807, 2.05) is 6.92 Å². The summed E-state index contributed by atoms with van der Waals surface area (Å²) in [5.41, 5.74) is 0.349. The fourth-order valence-electron chi connectivity index (χ4n) is 4.14. The lowest BCUT2D eigenvalue weighted by Crippen LogP contribution is -2.48. The van der Waals surface area contributed by atoms with Crippen molar-refractivity contribution >= 4 is 43.2 Å². The first kappa shape index (κ1) is 29.2. The molecule has 0 aliphatic carbocycles. The van der Waals surface area contributed by atoms with Crippen LogP contribution in [0.3, 0.4) is 0 Å². The molecule has 0 spiro atoms. The van der Waals surface area contributed by atoms with E-state index in [4.69, 9.17) is 21.1 Å². The number of sulfonamides is 2. The molecule has 3 rings (SSSR count). The maximum absolute atomic E-state index is 13.3. The molecule has 1 N–H and O–H groups in total. The summed E-state index contributed by atoms with van der Waals surface area (Å²) < 4.78 is 66.3. The van der Waals surface area contributed by atoms with Crippen molar-refractivity contribution in [3.8, 4) is 5.75 Å². The van der Waals surface area contributed by atoms with Gasteiger partial charge in [-0.3, -0.25) is 9.52 Å². The van der Waals surface area contributed by atoms with Gasteiger partial charge in [0.15, 0.2) is 0 Å². The molecule has 0 unspecified atom stereocenters. The molecule has 0 aromatic heterocycles. The third-order valence-electron chi connectivity index (χ3n) is 6.19. The highest BCUT2D eigenvalue weighted by Crippen LogP contribution is 2.29. The van der Waals surface area contributed by atoms with E-state index in [0.29, 0.717) is 0 Å². The second-order valence-electron chi connectivity index (χ2n) is 9.18. The van der Waals surface area contributed by atoms with Crippen molar-refractivity contribution in [3.05, 3.63) is 53.1 Å².